The molecule has 7 heteroatoms. The maximum atomic E-state index is 5.48. The van der Waals surface area contributed by atoms with Crippen molar-refractivity contribution in [2.45, 2.75) is 65.0 Å². The number of aryl methyl sites for hydroxylation is 1. The molecule has 0 bridgehead atoms. The van der Waals surface area contributed by atoms with Crippen LogP contribution in [0.2, 0.25) is 0 Å². The monoisotopic (exact) mass is 362 g/mol. The SMILES string of the molecule is CCc1nncn1CCNC(=NCC1CCOC1)NC1CCC(C)CC1. The fourth-order valence-electron chi connectivity index (χ4n) is 3.73. The van der Waals surface area contributed by atoms with Gasteiger partial charge in [-0.05, 0) is 38.0 Å². The van der Waals surface area contributed by atoms with Gasteiger partial charge in [-0.25, -0.2) is 0 Å². The van der Waals surface area contributed by atoms with Crippen LogP contribution in [-0.4, -0.2) is 53.1 Å². The molecule has 1 saturated heterocycles. The lowest BCUT2D eigenvalue weighted by Gasteiger charge is -2.28. The van der Waals surface area contributed by atoms with Gasteiger partial charge in [0, 0.05) is 44.6 Å². The minimum Gasteiger partial charge on any atom is -0.381 e. The van der Waals surface area contributed by atoms with Crippen LogP contribution in [0.3, 0.4) is 0 Å². The highest BCUT2D eigenvalue weighted by molar-refractivity contribution is 5.80. The highest BCUT2D eigenvalue weighted by atomic mass is 16.5. The van der Waals surface area contributed by atoms with Gasteiger partial charge in [0.25, 0.3) is 0 Å². The summed E-state index contributed by atoms with van der Waals surface area (Å²) in [7, 11) is 0. The Labute approximate surface area is 157 Å². The average molecular weight is 363 g/mol. The second-order valence-corrected chi connectivity index (χ2v) is 7.74. The molecule has 1 atom stereocenters. The second-order valence-electron chi connectivity index (χ2n) is 7.74. The standard InChI is InChI=1S/C19H34N6O/c1-3-18-24-22-14-25(18)10-9-20-19(21-12-16-8-11-26-13-16)23-17-6-4-15(2)5-7-17/h14-17H,3-13H2,1-2H3,(H2,20,21,23). The third kappa shape index (κ3) is 5.69. The smallest absolute Gasteiger partial charge is 0.191 e. The van der Waals surface area contributed by atoms with Gasteiger partial charge < -0.3 is 19.9 Å². The topological polar surface area (TPSA) is 76.4 Å². The molecule has 0 radical (unpaired) electrons. The van der Waals surface area contributed by atoms with Gasteiger partial charge in [-0.1, -0.05) is 13.8 Å². The van der Waals surface area contributed by atoms with Crippen LogP contribution in [0.1, 0.15) is 51.8 Å². The molecule has 1 aliphatic carbocycles. The second kappa shape index (κ2) is 9.90. The molecule has 1 unspecified atom stereocenters. The predicted molar refractivity (Wildman–Crippen MR) is 103 cm³/mol. The number of aromatic nitrogens is 3. The van der Waals surface area contributed by atoms with Crippen LogP contribution in [0.15, 0.2) is 11.3 Å². The van der Waals surface area contributed by atoms with E-state index >= 15 is 0 Å². The number of hydrogen-bond donors (Lipinski definition) is 2. The zero-order chi connectivity index (χ0) is 18.2. The van der Waals surface area contributed by atoms with E-state index in [4.69, 9.17) is 9.73 Å². The molecule has 3 rings (SSSR count). The third-order valence-electron chi connectivity index (χ3n) is 5.55. The molecule has 1 aliphatic heterocycles. The molecule has 0 aromatic carbocycles. The maximum absolute atomic E-state index is 5.48. The number of nitrogens with one attached hydrogen (secondary N) is 2. The molecule has 146 valence electrons. The summed E-state index contributed by atoms with van der Waals surface area (Å²) in [4.78, 5) is 4.85. The van der Waals surface area contributed by atoms with E-state index in [2.05, 4.69) is 39.2 Å². The fraction of sp³-hybridized carbons (Fsp3) is 0.842. The molecule has 2 aliphatic rings. The molecule has 1 aromatic heterocycles. The van der Waals surface area contributed by atoms with Gasteiger partial charge in [-0.15, -0.1) is 10.2 Å². The minimum absolute atomic E-state index is 0.540. The Hall–Kier alpha value is -1.63. The summed E-state index contributed by atoms with van der Waals surface area (Å²) < 4.78 is 7.59. The van der Waals surface area contributed by atoms with Gasteiger partial charge in [0.1, 0.15) is 12.2 Å². The van der Waals surface area contributed by atoms with Crippen molar-refractivity contribution in [3.63, 3.8) is 0 Å². The quantitative estimate of drug-likeness (QED) is 0.573. The Morgan fingerprint density at radius 3 is 2.88 bits per heavy atom. The Kier molecular flexibility index (Phi) is 7.29. The zero-order valence-electron chi connectivity index (χ0n) is 16.3. The lowest BCUT2D eigenvalue weighted by atomic mass is 9.87. The van der Waals surface area contributed by atoms with Crippen molar-refractivity contribution < 1.29 is 4.74 Å². The molecule has 2 heterocycles. The number of guanidine groups is 1. The number of rotatable bonds is 7. The summed E-state index contributed by atoms with van der Waals surface area (Å²) in [5, 5.41) is 15.3. The van der Waals surface area contributed by atoms with Crippen molar-refractivity contribution in [2.24, 2.45) is 16.8 Å². The molecule has 1 aromatic rings. The number of hydrogen-bond acceptors (Lipinski definition) is 4. The summed E-state index contributed by atoms with van der Waals surface area (Å²) in [5.74, 6) is 3.40. The third-order valence-corrected chi connectivity index (χ3v) is 5.55. The van der Waals surface area contributed by atoms with Gasteiger partial charge in [0.2, 0.25) is 0 Å². The largest absolute Gasteiger partial charge is 0.381 e. The van der Waals surface area contributed by atoms with E-state index in [1.807, 2.05) is 6.33 Å². The normalized spacial score (nSPS) is 26.8. The predicted octanol–water partition coefficient (Wildman–Crippen LogP) is 1.99. The van der Waals surface area contributed by atoms with Crippen molar-refractivity contribution >= 4 is 5.96 Å². The molecule has 7 nitrogen and oxygen atoms in total. The van der Waals surface area contributed by atoms with Crippen LogP contribution in [0.4, 0.5) is 0 Å². The summed E-state index contributed by atoms with van der Waals surface area (Å²) in [6, 6.07) is 0.540. The fourth-order valence-corrected chi connectivity index (χ4v) is 3.73. The van der Waals surface area contributed by atoms with Crippen LogP contribution in [0.25, 0.3) is 0 Å². The van der Waals surface area contributed by atoms with Crippen LogP contribution in [0, 0.1) is 11.8 Å². The molecular weight excluding hydrogens is 328 g/mol. The first-order valence-electron chi connectivity index (χ1n) is 10.2. The molecule has 0 spiro atoms. The van der Waals surface area contributed by atoms with E-state index in [1.165, 1.54) is 25.7 Å². The van der Waals surface area contributed by atoms with E-state index in [0.29, 0.717) is 12.0 Å². The molecule has 2 N–H and O–H groups in total. The number of nitrogens with zero attached hydrogens (tertiary/aromatic N) is 4. The van der Waals surface area contributed by atoms with E-state index in [1.54, 1.807) is 0 Å². The Morgan fingerprint density at radius 2 is 2.15 bits per heavy atom. The van der Waals surface area contributed by atoms with Crippen LogP contribution in [0.5, 0.6) is 0 Å². The lowest BCUT2D eigenvalue weighted by Crippen LogP contribution is -2.46. The van der Waals surface area contributed by atoms with E-state index in [0.717, 1.165) is 63.4 Å². The molecule has 1 saturated carbocycles. The lowest BCUT2D eigenvalue weighted by molar-refractivity contribution is 0.187. The van der Waals surface area contributed by atoms with E-state index in [-0.39, 0.29) is 0 Å². The van der Waals surface area contributed by atoms with Gasteiger partial charge >= 0.3 is 0 Å². The minimum atomic E-state index is 0.540. The molecular formula is C19H34N6O. The number of ether oxygens (including phenoxy) is 1. The van der Waals surface area contributed by atoms with Crippen molar-refractivity contribution in [2.75, 3.05) is 26.3 Å². The Bertz CT molecular complexity index is 558. The summed E-state index contributed by atoms with van der Waals surface area (Å²) >= 11 is 0. The van der Waals surface area contributed by atoms with Gasteiger partial charge in [0.05, 0.1) is 6.61 Å². The van der Waals surface area contributed by atoms with Crippen LogP contribution in [-0.2, 0) is 17.7 Å². The maximum Gasteiger partial charge on any atom is 0.191 e. The van der Waals surface area contributed by atoms with Gasteiger partial charge in [0.15, 0.2) is 5.96 Å². The first-order valence-corrected chi connectivity index (χ1v) is 10.2. The van der Waals surface area contributed by atoms with Crippen molar-refractivity contribution in [1.82, 2.24) is 25.4 Å². The first kappa shape index (κ1) is 19.1. The van der Waals surface area contributed by atoms with Crippen LogP contribution < -0.4 is 10.6 Å². The molecule has 0 amide bonds. The highest BCUT2D eigenvalue weighted by Crippen LogP contribution is 2.23. The van der Waals surface area contributed by atoms with Crippen molar-refractivity contribution in [3.05, 3.63) is 12.2 Å². The highest BCUT2D eigenvalue weighted by Gasteiger charge is 2.20. The van der Waals surface area contributed by atoms with Crippen molar-refractivity contribution in [3.8, 4) is 0 Å². The zero-order valence-corrected chi connectivity index (χ0v) is 16.3. The Morgan fingerprint density at radius 1 is 1.31 bits per heavy atom. The molecule has 26 heavy (non-hydrogen) atoms. The first-order chi connectivity index (χ1) is 12.7. The number of aliphatic imine (C=N–C) groups is 1. The summed E-state index contributed by atoms with van der Waals surface area (Å²) in [6.45, 7) is 8.70. The van der Waals surface area contributed by atoms with Crippen molar-refractivity contribution in [1.29, 1.82) is 0 Å². The van der Waals surface area contributed by atoms with Gasteiger partial charge in [-0.3, -0.25) is 4.99 Å². The van der Waals surface area contributed by atoms with E-state index < -0.39 is 0 Å². The van der Waals surface area contributed by atoms with Gasteiger partial charge in [-0.2, -0.15) is 0 Å². The average Bonchev–Trinajstić information content (AvgIpc) is 3.32. The Balaban J connectivity index is 1.52. The summed E-state index contributed by atoms with van der Waals surface area (Å²) in [6.07, 6.45) is 8.92. The summed E-state index contributed by atoms with van der Waals surface area (Å²) in [5.41, 5.74) is 0. The van der Waals surface area contributed by atoms with Crippen LogP contribution >= 0.6 is 0 Å². The molecule has 2 fully saturated rings. The van der Waals surface area contributed by atoms with E-state index in [9.17, 15) is 0 Å².